The first-order chi connectivity index (χ1) is 6.22. The third-order valence-electron chi connectivity index (χ3n) is 1.57. The van der Waals surface area contributed by atoms with Crippen molar-refractivity contribution in [1.82, 2.24) is 10.6 Å². The first-order valence-electron chi connectivity index (χ1n) is 4.45. The average Bonchev–Trinajstić information content (AvgIpc) is 2.02. The molecule has 0 aliphatic carbocycles. The fourth-order valence-electron chi connectivity index (χ4n) is 0.713. The maximum absolute atomic E-state index is 11.5. The summed E-state index contributed by atoms with van der Waals surface area (Å²) < 4.78 is 0. The number of amides is 2. The molecule has 0 unspecified atom stereocenters. The van der Waals surface area contributed by atoms with Gasteiger partial charge in [-0.15, -0.1) is 23.2 Å². The topological polar surface area (TPSA) is 41.1 Å². The molecule has 0 saturated heterocycles. The lowest BCUT2D eigenvalue weighted by molar-refractivity contribution is 0.223. The minimum atomic E-state index is -0.409. The molecule has 2 N–H and O–H groups in total. The number of urea groups is 1. The maximum atomic E-state index is 11.5. The number of nitrogens with one attached hydrogen (secondary N) is 2. The lowest BCUT2D eigenvalue weighted by Gasteiger charge is -2.28. The van der Waals surface area contributed by atoms with Gasteiger partial charge in [0.15, 0.2) is 0 Å². The van der Waals surface area contributed by atoms with Gasteiger partial charge in [-0.2, -0.15) is 0 Å². The summed E-state index contributed by atoms with van der Waals surface area (Å²) in [6.07, 6.45) is 0. The molecule has 84 valence electrons. The van der Waals surface area contributed by atoms with E-state index in [0.29, 0.717) is 11.8 Å². The molecule has 0 aliphatic rings. The fraction of sp³-hybridized carbons (Fsp3) is 0.889. The van der Waals surface area contributed by atoms with Crippen LogP contribution >= 0.6 is 23.2 Å². The Kier molecular flexibility index (Phi) is 5.02. The number of hydrogen-bond acceptors (Lipinski definition) is 1. The smallest absolute Gasteiger partial charge is 0.315 e. The van der Waals surface area contributed by atoms with Crippen LogP contribution in [0.1, 0.15) is 27.7 Å². The second kappa shape index (κ2) is 5.08. The van der Waals surface area contributed by atoms with Gasteiger partial charge in [0.05, 0.1) is 0 Å². The standard InChI is InChI=1S/C9H18Cl2N2O/c1-8(2,5-10)12-7(14)13-9(3,4)6-11/h5-6H2,1-4H3,(H2,12,13,14). The van der Waals surface area contributed by atoms with Crippen LogP contribution in [0.5, 0.6) is 0 Å². The Bertz CT molecular complexity index is 185. The zero-order valence-electron chi connectivity index (χ0n) is 9.08. The van der Waals surface area contributed by atoms with Gasteiger partial charge < -0.3 is 10.6 Å². The van der Waals surface area contributed by atoms with E-state index in [4.69, 9.17) is 23.2 Å². The van der Waals surface area contributed by atoms with Crippen LogP contribution in [0, 0.1) is 0 Å². The van der Waals surface area contributed by atoms with E-state index in [-0.39, 0.29) is 6.03 Å². The van der Waals surface area contributed by atoms with Crippen molar-refractivity contribution in [2.24, 2.45) is 0 Å². The van der Waals surface area contributed by atoms with E-state index in [9.17, 15) is 4.79 Å². The van der Waals surface area contributed by atoms with Crippen molar-refractivity contribution in [2.45, 2.75) is 38.8 Å². The predicted molar refractivity (Wildman–Crippen MR) is 61.3 cm³/mol. The van der Waals surface area contributed by atoms with Gasteiger partial charge in [0.1, 0.15) is 0 Å². The summed E-state index contributed by atoms with van der Waals surface area (Å²) in [5.74, 6) is 0.726. The molecular formula is C9H18Cl2N2O. The van der Waals surface area contributed by atoms with Crippen LogP contribution in [0.3, 0.4) is 0 Å². The molecule has 0 radical (unpaired) electrons. The molecule has 3 nitrogen and oxygen atoms in total. The Labute approximate surface area is 95.5 Å². The lowest BCUT2D eigenvalue weighted by atomic mass is 10.1. The third-order valence-corrected chi connectivity index (χ3v) is 2.91. The number of alkyl halides is 2. The number of rotatable bonds is 4. The highest BCUT2D eigenvalue weighted by Gasteiger charge is 2.23. The first kappa shape index (κ1) is 13.8. The molecule has 0 fully saturated rings. The van der Waals surface area contributed by atoms with Gasteiger partial charge in [0, 0.05) is 22.8 Å². The largest absolute Gasteiger partial charge is 0.332 e. The highest BCUT2D eigenvalue weighted by Crippen LogP contribution is 2.07. The normalized spacial score (nSPS) is 12.4. The molecule has 0 rings (SSSR count). The highest BCUT2D eigenvalue weighted by molar-refractivity contribution is 6.19. The van der Waals surface area contributed by atoms with E-state index in [1.165, 1.54) is 0 Å². The average molecular weight is 241 g/mol. The van der Waals surface area contributed by atoms with Crippen molar-refractivity contribution in [1.29, 1.82) is 0 Å². The molecule has 0 heterocycles. The quantitative estimate of drug-likeness (QED) is 0.728. The van der Waals surface area contributed by atoms with Gasteiger partial charge in [0.25, 0.3) is 0 Å². The summed E-state index contributed by atoms with van der Waals surface area (Å²) in [5.41, 5.74) is -0.817. The van der Waals surface area contributed by atoms with E-state index in [1.54, 1.807) is 0 Å². The molecule has 14 heavy (non-hydrogen) atoms. The molecule has 0 atom stereocenters. The Morgan fingerprint density at radius 3 is 1.50 bits per heavy atom. The monoisotopic (exact) mass is 240 g/mol. The van der Waals surface area contributed by atoms with Gasteiger partial charge in [0.2, 0.25) is 0 Å². The predicted octanol–water partition coefficient (Wildman–Crippen LogP) is 2.32. The second-order valence-corrected chi connectivity index (χ2v) is 5.15. The summed E-state index contributed by atoms with van der Waals surface area (Å²) >= 11 is 11.3. The van der Waals surface area contributed by atoms with E-state index >= 15 is 0 Å². The van der Waals surface area contributed by atoms with Crippen LogP contribution in [-0.2, 0) is 0 Å². The van der Waals surface area contributed by atoms with E-state index in [1.807, 2.05) is 27.7 Å². The van der Waals surface area contributed by atoms with Crippen LogP contribution in [-0.4, -0.2) is 28.9 Å². The molecule has 0 aliphatic heterocycles. The number of halogens is 2. The van der Waals surface area contributed by atoms with Crippen LogP contribution in [0.15, 0.2) is 0 Å². The van der Waals surface area contributed by atoms with E-state index in [2.05, 4.69) is 10.6 Å². The number of hydrogen-bond donors (Lipinski definition) is 2. The molecular weight excluding hydrogens is 223 g/mol. The van der Waals surface area contributed by atoms with Gasteiger partial charge in [-0.25, -0.2) is 4.79 Å². The minimum Gasteiger partial charge on any atom is -0.332 e. The van der Waals surface area contributed by atoms with Crippen molar-refractivity contribution in [2.75, 3.05) is 11.8 Å². The molecule has 0 spiro atoms. The third kappa shape index (κ3) is 5.55. The van der Waals surface area contributed by atoms with Crippen molar-refractivity contribution < 1.29 is 4.79 Å². The van der Waals surface area contributed by atoms with Crippen LogP contribution in [0.4, 0.5) is 4.79 Å². The Morgan fingerprint density at radius 2 is 1.29 bits per heavy atom. The Morgan fingerprint density at radius 1 is 1.00 bits per heavy atom. The fourth-order valence-corrected chi connectivity index (χ4v) is 0.846. The number of carbonyl (C=O) groups excluding carboxylic acids is 1. The lowest BCUT2D eigenvalue weighted by Crippen LogP contribution is -2.55. The Hall–Kier alpha value is -0.150. The maximum Gasteiger partial charge on any atom is 0.315 e. The molecule has 0 aromatic heterocycles. The first-order valence-corrected chi connectivity index (χ1v) is 5.51. The van der Waals surface area contributed by atoms with Crippen LogP contribution in [0.2, 0.25) is 0 Å². The van der Waals surface area contributed by atoms with Crippen molar-refractivity contribution in [3.8, 4) is 0 Å². The molecule has 0 aromatic rings. The minimum absolute atomic E-state index is 0.249. The van der Waals surface area contributed by atoms with Crippen molar-refractivity contribution >= 4 is 29.2 Å². The van der Waals surface area contributed by atoms with Gasteiger partial charge in [-0.05, 0) is 27.7 Å². The summed E-state index contributed by atoms with van der Waals surface area (Å²) in [4.78, 5) is 11.5. The van der Waals surface area contributed by atoms with Crippen LogP contribution < -0.4 is 10.6 Å². The molecule has 2 amide bonds. The molecule has 0 bridgehead atoms. The van der Waals surface area contributed by atoms with Gasteiger partial charge in [-0.1, -0.05) is 0 Å². The van der Waals surface area contributed by atoms with Gasteiger partial charge in [-0.3, -0.25) is 0 Å². The molecule has 0 aromatic carbocycles. The SMILES string of the molecule is CC(C)(CCl)NC(=O)NC(C)(C)CCl. The molecule has 5 heteroatoms. The summed E-state index contributed by atoms with van der Waals surface area (Å²) in [5, 5.41) is 5.51. The second-order valence-electron chi connectivity index (χ2n) is 4.61. The van der Waals surface area contributed by atoms with Crippen molar-refractivity contribution in [3.05, 3.63) is 0 Å². The van der Waals surface area contributed by atoms with Gasteiger partial charge >= 0.3 is 6.03 Å². The number of carbonyl (C=O) groups is 1. The van der Waals surface area contributed by atoms with E-state index < -0.39 is 11.1 Å². The zero-order valence-corrected chi connectivity index (χ0v) is 10.6. The van der Waals surface area contributed by atoms with Crippen LogP contribution in [0.25, 0.3) is 0 Å². The highest BCUT2D eigenvalue weighted by atomic mass is 35.5. The van der Waals surface area contributed by atoms with E-state index in [0.717, 1.165) is 0 Å². The van der Waals surface area contributed by atoms with Crippen molar-refractivity contribution in [3.63, 3.8) is 0 Å². The Balaban J connectivity index is 4.12. The molecule has 0 saturated carbocycles. The summed E-state index contributed by atoms with van der Waals surface area (Å²) in [6, 6.07) is -0.249. The zero-order chi connectivity index (χ0) is 11.4. The summed E-state index contributed by atoms with van der Waals surface area (Å²) in [7, 11) is 0. The summed E-state index contributed by atoms with van der Waals surface area (Å²) in [6.45, 7) is 7.42.